The van der Waals surface area contributed by atoms with Crippen LogP contribution >= 0.6 is 7.82 Å². The van der Waals surface area contributed by atoms with Crippen LogP contribution in [0, 0.1) is 41.5 Å². The number of oxazole rings is 2. The molecule has 0 aliphatic carbocycles. The molecule has 4 aromatic heterocycles. The molecular formula is C43H45N10O10P. The second-order valence-electron chi connectivity index (χ2n) is 14.6. The number of phosphoric acid groups is 1. The summed E-state index contributed by atoms with van der Waals surface area (Å²) in [6, 6.07) is 18.0. The van der Waals surface area contributed by atoms with Crippen molar-refractivity contribution >= 4 is 76.3 Å². The first kappa shape index (κ1) is 44.5. The predicted octanol–water partition coefficient (Wildman–Crippen LogP) is 8.20. The average molecular weight is 893 g/mol. The normalized spacial score (nSPS) is 11.3. The van der Waals surface area contributed by atoms with Crippen molar-refractivity contribution in [1.82, 2.24) is 29.5 Å². The van der Waals surface area contributed by atoms with E-state index in [1.165, 1.54) is 0 Å². The molecule has 0 radical (unpaired) electrons. The molecule has 4 aromatic carbocycles. The molecule has 8 rings (SSSR count). The van der Waals surface area contributed by atoms with E-state index in [0.717, 1.165) is 66.5 Å². The first-order valence-electron chi connectivity index (χ1n) is 19.5. The van der Waals surface area contributed by atoms with Crippen molar-refractivity contribution in [3.63, 3.8) is 0 Å². The standard InChI is InChI=1S/C22H24N5O7P.C21H21N5O3/c1-12-7-16(9-19(32-4)14(12)3)25-21-23-10-13(2)20(26-21)24-15-5-6-18-17(8-15)27(22(28)34-18)11-33-35(29,30)31;1-11-7-15(9-18(28-4)13(11)3)24-20-22-10-12(2)19(26-20)23-14-5-6-17-16(8-14)25-21(27)29-17/h5-10H,11H2,1-4H3,(H2,29,30,31)(H2,23,24,25,26);5-10H,1-4H3,(H,25,27)(H2,22,23,24,26). The molecule has 0 spiro atoms. The van der Waals surface area contributed by atoms with Crippen LogP contribution in [0.1, 0.15) is 33.4 Å². The highest BCUT2D eigenvalue weighted by Gasteiger charge is 2.18. The molecule has 64 heavy (non-hydrogen) atoms. The summed E-state index contributed by atoms with van der Waals surface area (Å²) in [5.41, 5.74) is 10.6. The van der Waals surface area contributed by atoms with Crippen molar-refractivity contribution in [2.75, 3.05) is 35.5 Å². The van der Waals surface area contributed by atoms with Crippen molar-refractivity contribution < 1.29 is 37.2 Å². The molecule has 0 saturated heterocycles. The van der Waals surface area contributed by atoms with Crippen LogP contribution in [-0.4, -0.2) is 53.5 Å². The third kappa shape index (κ3) is 10.4. The minimum Gasteiger partial charge on any atom is -0.496 e. The summed E-state index contributed by atoms with van der Waals surface area (Å²) in [7, 11) is -1.50. The SMILES string of the molecule is COc1cc(Nc2ncc(C)c(Nc3ccc4oc(=O)[nH]c4c3)n2)cc(C)c1C.COc1cc(Nc2ncc(C)c(Nc3ccc4oc(=O)n(COP(=O)(O)O)c4c3)n2)cc(C)c1C. The van der Waals surface area contributed by atoms with Crippen LogP contribution < -0.4 is 42.3 Å². The highest BCUT2D eigenvalue weighted by Crippen LogP contribution is 2.37. The lowest BCUT2D eigenvalue weighted by Crippen LogP contribution is -2.15. The fourth-order valence-corrected chi connectivity index (χ4v) is 6.70. The molecule has 0 unspecified atom stereocenters. The van der Waals surface area contributed by atoms with Gasteiger partial charge in [0.1, 0.15) is 29.9 Å². The van der Waals surface area contributed by atoms with E-state index in [1.54, 1.807) is 56.9 Å². The van der Waals surface area contributed by atoms with Crippen molar-refractivity contribution in [3.05, 3.63) is 128 Å². The maximum absolute atomic E-state index is 12.1. The zero-order valence-corrected chi connectivity index (χ0v) is 36.9. The minimum atomic E-state index is -4.77. The molecule has 0 amide bonds. The van der Waals surface area contributed by atoms with Gasteiger partial charge in [0.05, 0.1) is 25.3 Å². The summed E-state index contributed by atoms with van der Waals surface area (Å²) in [4.78, 5) is 61.8. The van der Waals surface area contributed by atoms with E-state index in [4.69, 9.17) is 28.1 Å². The van der Waals surface area contributed by atoms with Gasteiger partial charge in [-0.1, -0.05) is 0 Å². The molecule has 21 heteroatoms. The molecular weight excluding hydrogens is 848 g/mol. The number of aryl methyl sites for hydroxylation is 4. The highest BCUT2D eigenvalue weighted by atomic mass is 31.2. The fourth-order valence-electron chi connectivity index (χ4n) is 6.44. The molecule has 0 fully saturated rings. The van der Waals surface area contributed by atoms with Crippen molar-refractivity contribution in [3.8, 4) is 11.5 Å². The number of nitrogens with zero attached hydrogens (tertiary/aromatic N) is 5. The van der Waals surface area contributed by atoms with Crippen LogP contribution in [0.25, 0.3) is 22.2 Å². The van der Waals surface area contributed by atoms with Gasteiger partial charge in [0.2, 0.25) is 11.9 Å². The van der Waals surface area contributed by atoms with Crippen LogP contribution in [0.4, 0.5) is 46.3 Å². The van der Waals surface area contributed by atoms with Gasteiger partial charge in [0.25, 0.3) is 0 Å². The Morgan fingerprint density at radius 1 is 0.656 bits per heavy atom. The molecule has 4 heterocycles. The zero-order valence-electron chi connectivity index (χ0n) is 36.0. The number of nitrogens with one attached hydrogen (secondary N) is 5. The summed E-state index contributed by atoms with van der Waals surface area (Å²) >= 11 is 0. The topological polar surface area (TPSA) is 266 Å². The number of methoxy groups -OCH3 is 2. The van der Waals surface area contributed by atoms with Crippen molar-refractivity contribution in [2.24, 2.45) is 0 Å². The quantitative estimate of drug-likeness (QED) is 0.0537. The molecule has 0 atom stereocenters. The average Bonchev–Trinajstić information content (AvgIpc) is 3.78. The summed E-state index contributed by atoms with van der Waals surface area (Å²) in [6.07, 6.45) is 3.41. The number of benzene rings is 4. The highest BCUT2D eigenvalue weighted by molar-refractivity contribution is 7.46. The third-order valence-electron chi connectivity index (χ3n) is 10.1. The van der Waals surface area contributed by atoms with E-state index >= 15 is 0 Å². The summed E-state index contributed by atoms with van der Waals surface area (Å²) in [5.74, 6) is 2.26. The number of aromatic amines is 1. The van der Waals surface area contributed by atoms with Crippen molar-refractivity contribution in [1.29, 1.82) is 0 Å². The Balaban J connectivity index is 0.000000195. The van der Waals surface area contributed by atoms with E-state index in [2.05, 4.69) is 50.7 Å². The van der Waals surface area contributed by atoms with E-state index in [1.807, 2.05) is 71.9 Å². The van der Waals surface area contributed by atoms with Crippen LogP contribution in [0.5, 0.6) is 11.5 Å². The van der Waals surface area contributed by atoms with E-state index < -0.39 is 26.1 Å². The van der Waals surface area contributed by atoms with Crippen LogP contribution in [-0.2, 0) is 15.8 Å². The number of ether oxygens (including phenoxy) is 2. The Kier molecular flexibility index (Phi) is 12.8. The number of hydrogen-bond donors (Lipinski definition) is 7. The third-order valence-corrected chi connectivity index (χ3v) is 10.6. The smallest absolute Gasteiger partial charge is 0.471 e. The first-order valence-corrected chi connectivity index (χ1v) is 21.0. The van der Waals surface area contributed by atoms with Crippen LogP contribution in [0.3, 0.4) is 0 Å². The van der Waals surface area contributed by atoms with Crippen LogP contribution in [0.15, 0.2) is 91.5 Å². The molecule has 0 bridgehead atoms. The molecule has 0 aliphatic heterocycles. The maximum atomic E-state index is 12.1. The summed E-state index contributed by atoms with van der Waals surface area (Å²) in [5, 5.41) is 12.8. The van der Waals surface area contributed by atoms with Gasteiger partial charge >= 0.3 is 19.3 Å². The van der Waals surface area contributed by atoms with Gasteiger partial charge in [-0.25, -0.2) is 28.7 Å². The second kappa shape index (κ2) is 18.5. The molecule has 20 nitrogen and oxygen atoms in total. The zero-order chi connectivity index (χ0) is 45.9. The maximum Gasteiger partial charge on any atom is 0.471 e. The lowest BCUT2D eigenvalue weighted by atomic mass is 10.1. The Labute approximate surface area is 364 Å². The van der Waals surface area contributed by atoms with Gasteiger partial charge in [-0.05, 0) is 112 Å². The molecule has 8 aromatic rings. The number of H-pyrrole nitrogens is 1. The first-order chi connectivity index (χ1) is 30.5. The number of phosphoric ester groups is 1. The lowest BCUT2D eigenvalue weighted by Gasteiger charge is -2.14. The largest absolute Gasteiger partial charge is 0.496 e. The second-order valence-corrected chi connectivity index (χ2v) is 15.9. The van der Waals surface area contributed by atoms with Gasteiger partial charge < -0.3 is 49.4 Å². The van der Waals surface area contributed by atoms with E-state index in [-0.39, 0.29) is 5.58 Å². The Morgan fingerprint density at radius 3 is 1.69 bits per heavy atom. The molecule has 0 aliphatic rings. The Morgan fingerprint density at radius 2 is 1.17 bits per heavy atom. The van der Waals surface area contributed by atoms with Crippen molar-refractivity contribution in [2.45, 2.75) is 48.3 Å². The summed E-state index contributed by atoms with van der Waals surface area (Å²) in [6.45, 7) is 11.1. The Hall–Kier alpha value is -7.51. The molecule has 0 saturated carbocycles. The van der Waals surface area contributed by atoms with Gasteiger partial charge in [0, 0.05) is 58.4 Å². The van der Waals surface area contributed by atoms with E-state index in [9.17, 15) is 14.2 Å². The lowest BCUT2D eigenvalue weighted by molar-refractivity contribution is 0.151. The molecule has 7 N–H and O–H groups in total. The number of hydrogen-bond acceptors (Lipinski definition) is 16. The minimum absolute atomic E-state index is 0.236. The Bertz CT molecular complexity index is 3190. The fraction of sp³-hybridized carbons (Fsp3) is 0.209. The predicted molar refractivity (Wildman–Crippen MR) is 242 cm³/mol. The summed E-state index contributed by atoms with van der Waals surface area (Å²) < 4.78 is 37.5. The number of rotatable bonds is 13. The number of anilines is 8. The van der Waals surface area contributed by atoms with Crippen LogP contribution in [0.2, 0.25) is 0 Å². The number of aromatic nitrogens is 6. The molecule has 332 valence electrons. The van der Waals surface area contributed by atoms with E-state index in [0.29, 0.717) is 45.8 Å². The monoisotopic (exact) mass is 892 g/mol. The van der Waals surface area contributed by atoms with Gasteiger partial charge in [-0.3, -0.25) is 9.51 Å². The van der Waals surface area contributed by atoms with Gasteiger partial charge in [-0.15, -0.1) is 0 Å². The van der Waals surface area contributed by atoms with Gasteiger partial charge in [0.15, 0.2) is 11.2 Å². The van der Waals surface area contributed by atoms with Gasteiger partial charge in [-0.2, -0.15) is 9.97 Å². The number of fused-ring (bicyclic) bond motifs is 2.